The normalized spacial score (nSPS) is 10.1. The number of thioether (sulfide) groups is 3. The van der Waals surface area contributed by atoms with Crippen molar-refractivity contribution in [1.29, 1.82) is 0 Å². The average Bonchev–Trinajstić information content (AvgIpc) is 2.10. The minimum atomic E-state index is 1.10. The van der Waals surface area contributed by atoms with Crippen LogP contribution in [-0.4, -0.2) is 34.5 Å². The van der Waals surface area contributed by atoms with Crippen molar-refractivity contribution >= 4 is 35.3 Å². The van der Waals surface area contributed by atoms with E-state index in [0.29, 0.717) is 0 Å². The zero-order chi connectivity index (χ0) is 9.07. The van der Waals surface area contributed by atoms with E-state index < -0.39 is 0 Å². The molecule has 0 unspecified atom stereocenters. The Morgan fingerprint density at radius 2 is 1.58 bits per heavy atom. The molecular weight excluding hydrogens is 204 g/mol. The van der Waals surface area contributed by atoms with Crippen LogP contribution in [0.5, 0.6) is 0 Å². The highest BCUT2D eigenvalue weighted by atomic mass is 32.2. The van der Waals surface area contributed by atoms with E-state index >= 15 is 0 Å². The Morgan fingerprint density at radius 3 is 2.17 bits per heavy atom. The molecule has 0 aromatic carbocycles. The lowest BCUT2D eigenvalue weighted by molar-refractivity contribution is 1.46. The van der Waals surface area contributed by atoms with Crippen molar-refractivity contribution in [2.24, 2.45) is 0 Å². The number of hydrogen-bond acceptors (Lipinski definition) is 3. The number of rotatable bonds is 9. The van der Waals surface area contributed by atoms with Gasteiger partial charge in [0.15, 0.2) is 0 Å². The molecule has 72 valence electrons. The maximum Gasteiger partial charge on any atom is 0.0111 e. The standard InChI is InChI=1S/C9H18S3/c1-3-5-11-8-9-12-7-6-10-4-2/h3H,1,4-9H2,2H3. The van der Waals surface area contributed by atoms with E-state index in [-0.39, 0.29) is 0 Å². The first-order valence-corrected chi connectivity index (χ1v) is 7.72. The van der Waals surface area contributed by atoms with Crippen LogP contribution in [0.1, 0.15) is 6.92 Å². The summed E-state index contributed by atoms with van der Waals surface area (Å²) >= 11 is 6.07. The highest BCUT2D eigenvalue weighted by molar-refractivity contribution is 8.04. The molecule has 0 spiro atoms. The lowest BCUT2D eigenvalue weighted by Crippen LogP contribution is -1.90. The molecule has 0 N–H and O–H groups in total. The van der Waals surface area contributed by atoms with Gasteiger partial charge in [0.25, 0.3) is 0 Å². The van der Waals surface area contributed by atoms with E-state index in [9.17, 15) is 0 Å². The van der Waals surface area contributed by atoms with Crippen molar-refractivity contribution in [3.63, 3.8) is 0 Å². The van der Waals surface area contributed by atoms with Crippen LogP contribution in [0.15, 0.2) is 12.7 Å². The predicted octanol–water partition coefficient (Wildman–Crippen LogP) is 3.39. The third-order valence-electron chi connectivity index (χ3n) is 1.18. The molecule has 0 bridgehead atoms. The summed E-state index contributed by atoms with van der Waals surface area (Å²) < 4.78 is 0. The summed E-state index contributed by atoms with van der Waals surface area (Å²) in [6, 6.07) is 0. The lowest BCUT2D eigenvalue weighted by atomic mass is 10.8. The van der Waals surface area contributed by atoms with Gasteiger partial charge in [0, 0.05) is 28.8 Å². The fourth-order valence-corrected chi connectivity index (χ4v) is 3.36. The monoisotopic (exact) mass is 222 g/mol. The van der Waals surface area contributed by atoms with Crippen LogP contribution in [0.4, 0.5) is 0 Å². The zero-order valence-electron chi connectivity index (χ0n) is 7.75. The highest BCUT2D eigenvalue weighted by Gasteiger charge is 1.89. The van der Waals surface area contributed by atoms with Crippen molar-refractivity contribution in [2.45, 2.75) is 6.92 Å². The summed E-state index contributed by atoms with van der Waals surface area (Å²) in [6.45, 7) is 5.91. The smallest absolute Gasteiger partial charge is 0.0111 e. The third kappa shape index (κ3) is 10.8. The van der Waals surface area contributed by atoms with Crippen LogP contribution in [0.2, 0.25) is 0 Å². The van der Waals surface area contributed by atoms with Gasteiger partial charge in [-0.25, -0.2) is 0 Å². The molecule has 0 saturated heterocycles. The average molecular weight is 222 g/mol. The predicted molar refractivity (Wildman–Crippen MR) is 67.8 cm³/mol. The highest BCUT2D eigenvalue weighted by Crippen LogP contribution is 2.09. The van der Waals surface area contributed by atoms with Crippen LogP contribution in [0, 0.1) is 0 Å². The fourth-order valence-electron chi connectivity index (χ4n) is 0.649. The van der Waals surface area contributed by atoms with Crippen molar-refractivity contribution in [3.05, 3.63) is 12.7 Å². The molecule has 0 heterocycles. The minimum absolute atomic E-state index is 1.10. The van der Waals surface area contributed by atoms with Crippen LogP contribution < -0.4 is 0 Å². The maximum absolute atomic E-state index is 3.69. The van der Waals surface area contributed by atoms with Crippen LogP contribution in [0.25, 0.3) is 0 Å². The van der Waals surface area contributed by atoms with Gasteiger partial charge in [0.2, 0.25) is 0 Å². The molecule has 0 atom stereocenters. The Morgan fingerprint density at radius 1 is 1.00 bits per heavy atom. The molecule has 0 amide bonds. The molecule has 0 rings (SSSR count). The van der Waals surface area contributed by atoms with Gasteiger partial charge < -0.3 is 0 Å². The molecular formula is C9H18S3. The molecule has 0 aromatic heterocycles. The fraction of sp³-hybridized carbons (Fsp3) is 0.778. The van der Waals surface area contributed by atoms with Crippen LogP contribution in [-0.2, 0) is 0 Å². The Kier molecular flexibility index (Phi) is 12.6. The van der Waals surface area contributed by atoms with Crippen molar-refractivity contribution < 1.29 is 0 Å². The van der Waals surface area contributed by atoms with E-state index in [4.69, 9.17) is 0 Å². The first kappa shape index (κ1) is 12.8. The summed E-state index contributed by atoms with van der Waals surface area (Å²) in [5.41, 5.74) is 0. The van der Waals surface area contributed by atoms with Gasteiger partial charge in [-0.1, -0.05) is 13.0 Å². The summed E-state index contributed by atoms with van der Waals surface area (Å²) in [4.78, 5) is 0. The summed E-state index contributed by atoms with van der Waals surface area (Å²) in [5, 5.41) is 0. The Labute approximate surface area is 89.3 Å². The summed E-state index contributed by atoms with van der Waals surface area (Å²) in [7, 11) is 0. The van der Waals surface area contributed by atoms with Crippen molar-refractivity contribution in [3.8, 4) is 0 Å². The van der Waals surface area contributed by atoms with Crippen LogP contribution in [0.3, 0.4) is 0 Å². The van der Waals surface area contributed by atoms with Gasteiger partial charge >= 0.3 is 0 Å². The zero-order valence-corrected chi connectivity index (χ0v) is 10.2. The van der Waals surface area contributed by atoms with Crippen LogP contribution >= 0.6 is 35.3 Å². The molecule has 0 aromatic rings. The maximum atomic E-state index is 3.69. The van der Waals surface area contributed by atoms with Gasteiger partial charge in [0.05, 0.1) is 0 Å². The van der Waals surface area contributed by atoms with E-state index in [1.54, 1.807) is 0 Å². The van der Waals surface area contributed by atoms with E-state index in [1.165, 1.54) is 28.8 Å². The third-order valence-corrected chi connectivity index (χ3v) is 4.55. The van der Waals surface area contributed by atoms with E-state index in [0.717, 1.165) is 5.75 Å². The Balaban J connectivity index is 2.77. The molecule has 0 radical (unpaired) electrons. The van der Waals surface area contributed by atoms with E-state index in [1.807, 2.05) is 29.6 Å². The minimum Gasteiger partial charge on any atom is -0.161 e. The second-order valence-electron chi connectivity index (χ2n) is 2.17. The Hall–Kier alpha value is 0.790. The van der Waals surface area contributed by atoms with Gasteiger partial charge in [-0.15, -0.1) is 6.58 Å². The van der Waals surface area contributed by atoms with Gasteiger partial charge in [0.1, 0.15) is 0 Å². The first-order valence-electron chi connectivity index (χ1n) is 4.26. The first-order chi connectivity index (χ1) is 5.91. The second kappa shape index (κ2) is 11.8. The van der Waals surface area contributed by atoms with Crippen molar-refractivity contribution in [2.75, 3.05) is 34.5 Å². The van der Waals surface area contributed by atoms with Crippen molar-refractivity contribution in [1.82, 2.24) is 0 Å². The van der Waals surface area contributed by atoms with Gasteiger partial charge in [-0.3, -0.25) is 0 Å². The van der Waals surface area contributed by atoms with Gasteiger partial charge in [-0.05, 0) is 5.75 Å². The molecule has 0 aliphatic carbocycles. The summed E-state index contributed by atoms with van der Waals surface area (Å²) in [6.07, 6.45) is 1.97. The molecule has 0 aliphatic heterocycles. The molecule has 0 nitrogen and oxygen atoms in total. The molecule has 0 fully saturated rings. The molecule has 0 saturated carbocycles. The van der Waals surface area contributed by atoms with E-state index in [2.05, 4.69) is 25.3 Å². The molecule has 12 heavy (non-hydrogen) atoms. The number of hydrogen-bond donors (Lipinski definition) is 0. The SMILES string of the molecule is C=CCSCCSCCSCC. The topological polar surface area (TPSA) is 0 Å². The largest absolute Gasteiger partial charge is 0.161 e. The Bertz CT molecular complexity index is 93.8. The summed E-state index contributed by atoms with van der Waals surface area (Å²) in [5.74, 6) is 7.55. The quantitative estimate of drug-likeness (QED) is 0.433. The second-order valence-corrected chi connectivity index (χ2v) is 5.94. The lowest BCUT2D eigenvalue weighted by Gasteiger charge is -1.99. The van der Waals surface area contributed by atoms with Gasteiger partial charge in [-0.2, -0.15) is 35.3 Å². The molecule has 3 heteroatoms. The molecule has 0 aliphatic rings.